The Morgan fingerprint density at radius 3 is 2.41 bits per heavy atom. The third kappa shape index (κ3) is 3.90. The quantitative estimate of drug-likeness (QED) is 0.870. The van der Waals surface area contributed by atoms with Crippen LogP contribution in [0.2, 0.25) is 0 Å². The number of benzene rings is 1. The van der Waals surface area contributed by atoms with Gasteiger partial charge in [0.2, 0.25) is 0 Å². The molecule has 1 N–H and O–H groups in total. The number of amides is 2. The van der Waals surface area contributed by atoms with Gasteiger partial charge in [-0.25, -0.2) is 0 Å². The zero-order chi connectivity index (χ0) is 15.9. The van der Waals surface area contributed by atoms with Crippen LogP contribution in [-0.4, -0.2) is 28.7 Å². The highest BCUT2D eigenvalue weighted by Gasteiger charge is 2.18. The van der Waals surface area contributed by atoms with Crippen molar-refractivity contribution in [3.05, 3.63) is 59.9 Å². The largest absolute Gasteiger partial charge is 0.333 e. The second-order valence-corrected chi connectivity index (χ2v) is 4.66. The highest BCUT2D eigenvalue weighted by atomic mass is 16.2. The summed E-state index contributed by atoms with van der Waals surface area (Å²) < 4.78 is 0. The van der Waals surface area contributed by atoms with E-state index in [0.29, 0.717) is 17.8 Å². The monoisotopic (exact) mass is 294 g/mol. The van der Waals surface area contributed by atoms with Gasteiger partial charge in [-0.1, -0.05) is 0 Å². The fourth-order valence-corrected chi connectivity index (χ4v) is 1.82. The molecule has 2 rings (SSSR count). The fourth-order valence-electron chi connectivity index (χ4n) is 1.82. The number of carbonyl (C=O) groups is 2. The smallest absolute Gasteiger partial charge is 0.313 e. The summed E-state index contributed by atoms with van der Waals surface area (Å²) in [5.41, 5.74) is 1.84. The molecule has 0 aliphatic rings. The van der Waals surface area contributed by atoms with Gasteiger partial charge in [-0.05, 0) is 42.0 Å². The van der Waals surface area contributed by atoms with E-state index < -0.39 is 11.8 Å². The molecule has 0 aliphatic carbocycles. The van der Waals surface area contributed by atoms with Gasteiger partial charge in [-0.15, -0.1) is 0 Å². The number of nitrogens with one attached hydrogen (secondary N) is 1. The molecule has 0 unspecified atom stereocenters. The number of aromatic nitrogens is 1. The van der Waals surface area contributed by atoms with Crippen molar-refractivity contribution in [2.45, 2.75) is 6.54 Å². The molecule has 0 radical (unpaired) electrons. The Morgan fingerprint density at radius 1 is 1.18 bits per heavy atom. The van der Waals surface area contributed by atoms with Gasteiger partial charge in [0.15, 0.2) is 0 Å². The first-order chi connectivity index (χ1) is 10.6. The highest BCUT2D eigenvalue weighted by Crippen LogP contribution is 2.09. The lowest BCUT2D eigenvalue weighted by atomic mass is 10.2. The molecular weight excluding hydrogens is 280 g/mol. The molecule has 110 valence electrons. The molecule has 0 bridgehead atoms. The molecule has 6 nitrogen and oxygen atoms in total. The summed E-state index contributed by atoms with van der Waals surface area (Å²) in [4.78, 5) is 29.2. The summed E-state index contributed by atoms with van der Waals surface area (Å²) in [5.74, 6) is -1.36. The molecule has 6 heteroatoms. The van der Waals surface area contributed by atoms with Crippen LogP contribution < -0.4 is 5.32 Å². The predicted octanol–water partition coefficient (Wildman–Crippen LogP) is 1.55. The Kier molecular flexibility index (Phi) is 4.83. The van der Waals surface area contributed by atoms with Crippen molar-refractivity contribution >= 4 is 17.5 Å². The van der Waals surface area contributed by atoms with Crippen molar-refractivity contribution in [1.29, 1.82) is 5.26 Å². The normalized spacial score (nSPS) is 9.64. The molecule has 0 fully saturated rings. The topological polar surface area (TPSA) is 86.1 Å². The Bertz CT molecular complexity index is 705. The van der Waals surface area contributed by atoms with Crippen molar-refractivity contribution in [3.8, 4) is 6.07 Å². The maximum absolute atomic E-state index is 12.0. The van der Waals surface area contributed by atoms with E-state index >= 15 is 0 Å². The van der Waals surface area contributed by atoms with E-state index in [2.05, 4.69) is 10.3 Å². The van der Waals surface area contributed by atoms with Crippen LogP contribution in [0.3, 0.4) is 0 Å². The first-order valence-corrected chi connectivity index (χ1v) is 6.55. The lowest BCUT2D eigenvalue weighted by molar-refractivity contribution is -0.142. The third-order valence-corrected chi connectivity index (χ3v) is 2.98. The minimum atomic E-state index is -0.721. The van der Waals surface area contributed by atoms with Crippen LogP contribution in [0.15, 0.2) is 48.8 Å². The third-order valence-electron chi connectivity index (χ3n) is 2.98. The highest BCUT2D eigenvalue weighted by molar-refractivity contribution is 6.39. The predicted molar refractivity (Wildman–Crippen MR) is 80.5 cm³/mol. The molecule has 1 aromatic carbocycles. The van der Waals surface area contributed by atoms with E-state index in [9.17, 15) is 9.59 Å². The fraction of sp³-hybridized carbons (Fsp3) is 0.125. The van der Waals surface area contributed by atoms with Crippen LogP contribution in [0.5, 0.6) is 0 Å². The van der Waals surface area contributed by atoms with Gasteiger partial charge in [0.1, 0.15) is 0 Å². The zero-order valence-corrected chi connectivity index (χ0v) is 12.0. The van der Waals surface area contributed by atoms with Crippen LogP contribution in [0.1, 0.15) is 11.1 Å². The SMILES string of the molecule is CN(Cc1ccncc1)C(=O)C(=O)Nc1ccc(C#N)cc1. The van der Waals surface area contributed by atoms with Crippen LogP contribution in [0.25, 0.3) is 0 Å². The molecule has 0 saturated carbocycles. The minimum Gasteiger partial charge on any atom is -0.333 e. The van der Waals surface area contributed by atoms with Crippen LogP contribution in [0.4, 0.5) is 5.69 Å². The lowest BCUT2D eigenvalue weighted by Crippen LogP contribution is -2.36. The van der Waals surface area contributed by atoms with Gasteiger partial charge >= 0.3 is 11.8 Å². The van der Waals surface area contributed by atoms with Crippen LogP contribution in [-0.2, 0) is 16.1 Å². The van der Waals surface area contributed by atoms with Gasteiger partial charge in [0, 0.05) is 31.7 Å². The Labute approximate surface area is 128 Å². The van der Waals surface area contributed by atoms with Crippen molar-refractivity contribution in [3.63, 3.8) is 0 Å². The number of nitriles is 1. The van der Waals surface area contributed by atoms with E-state index in [1.807, 2.05) is 6.07 Å². The molecule has 0 spiro atoms. The number of hydrogen-bond donors (Lipinski definition) is 1. The maximum Gasteiger partial charge on any atom is 0.313 e. The second-order valence-electron chi connectivity index (χ2n) is 4.66. The molecule has 0 saturated heterocycles. The second kappa shape index (κ2) is 6.99. The lowest BCUT2D eigenvalue weighted by Gasteiger charge is -2.16. The molecular formula is C16H14N4O2. The molecule has 1 aromatic heterocycles. The average Bonchev–Trinajstić information content (AvgIpc) is 2.55. The van der Waals surface area contributed by atoms with Gasteiger partial charge in [-0.3, -0.25) is 14.6 Å². The number of likely N-dealkylation sites (N-methyl/N-ethyl adjacent to an activating group) is 1. The number of carbonyl (C=O) groups excluding carboxylic acids is 2. The van der Waals surface area contributed by atoms with Gasteiger partial charge in [0.05, 0.1) is 11.6 Å². The van der Waals surface area contributed by atoms with Crippen molar-refractivity contribution in [2.24, 2.45) is 0 Å². The summed E-state index contributed by atoms with van der Waals surface area (Å²) in [5, 5.41) is 11.2. The Balaban J connectivity index is 1.96. The van der Waals surface area contributed by atoms with E-state index in [-0.39, 0.29) is 0 Å². The molecule has 2 amide bonds. The summed E-state index contributed by atoms with van der Waals surface area (Å²) in [6.45, 7) is 0.322. The van der Waals surface area contributed by atoms with Crippen LogP contribution in [0, 0.1) is 11.3 Å². The summed E-state index contributed by atoms with van der Waals surface area (Å²) in [6, 6.07) is 11.8. The molecule has 1 heterocycles. The van der Waals surface area contributed by atoms with E-state index in [1.54, 1.807) is 55.8 Å². The molecule has 0 aliphatic heterocycles. The molecule has 0 atom stereocenters. The molecule has 2 aromatic rings. The number of anilines is 1. The Morgan fingerprint density at radius 2 is 1.82 bits per heavy atom. The summed E-state index contributed by atoms with van der Waals surface area (Å²) in [6.07, 6.45) is 3.26. The summed E-state index contributed by atoms with van der Waals surface area (Å²) in [7, 11) is 1.56. The number of rotatable bonds is 3. The first-order valence-electron chi connectivity index (χ1n) is 6.55. The van der Waals surface area contributed by atoms with Gasteiger partial charge in [0.25, 0.3) is 0 Å². The maximum atomic E-state index is 12.0. The number of nitrogens with zero attached hydrogens (tertiary/aromatic N) is 3. The van der Waals surface area contributed by atoms with Crippen LogP contribution >= 0.6 is 0 Å². The van der Waals surface area contributed by atoms with E-state index in [4.69, 9.17) is 5.26 Å². The molecule has 22 heavy (non-hydrogen) atoms. The van der Waals surface area contributed by atoms with E-state index in [0.717, 1.165) is 5.56 Å². The summed E-state index contributed by atoms with van der Waals surface area (Å²) >= 11 is 0. The minimum absolute atomic E-state index is 0.322. The Hall–Kier alpha value is -3.20. The average molecular weight is 294 g/mol. The van der Waals surface area contributed by atoms with Gasteiger partial charge in [-0.2, -0.15) is 5.26 Å². The van der Waals surface area contributed by atoms with Gasteiger partial charge < -0.3 is 10.2 Å². The van der Waals surface area contributed by atoms with E-state index in [1.165, 1.54) is 4.90 Å². The van der Waals surface area contributed by atoms with Crippen molar-refractivity contribution < 1.29 is 9.59 Å². The van der Waals surface area contributed by atoms with Crippen molar-refractivity contribution in [1.82, 2.24) is 9.88 Å². The zero-order valence-electron chi connectivity index (χ0n) is 12.0. The number of hydrogen-bond acceptors (Lipinski definition) is 4. The first kappa shape index (κ1) is 15.2. The number of pyridine rings is 1. The van der Waals surface area contributed by atoms with Crippen molar-refractivity contribution in [2.75, 3.05) is 12.4 Å². The standard InChI is InChI=1S/C16H14N4O2/c1-20(11-13-6-8-18-9-7-13)16(22)15(21)19-14-4-2-12(10-17)3-5-14/h2-9H,11H2,1H3,(H,19,21).